The molecule has 0 unspecified atom stereocenters. The van der Waals surface area contributed by atoms with Crippen LogP contribution in [0.4, 0.5) is 0 Å². The van der Waals surface area contributed by atoms with Gasteiger partial charge in [-0.2, -0.15) is 0 Å². The number of nitrogens with zero attached hydrogens (tertiary/aromatic N) is 3. The summed E-state index contributed by atoms with van der Waals surface area (Å²) >= 11 is 0. The number of likely N-dealkylation sites (tertiary alicyclic amines) is 1. The highest BCUT2D eigenvalue weighted by atomic mass is 16.5. The van der Waals surface area contributed by atoms with Crippen molar-refractivity contribution in [1.82, 2.24) is 14.9 Å². The Morgan fingerprint density at radius 3 is 2.67 bits per heavy atom. The molecule has 0 bridgehead atoms. The Kier molecular flexibility index (Phi) is 4.93. The molecule has 2 aromatic rings. The number of rotatable bonds is 4. The van der Waals surface area contributed by atoms with E-state index in [2.05, 4.69) is 16.0 Å². The monoisotopic (exact) mass is 367 g/mol. The van der Waals surface area contributed by atoms with Crippen LogP contribution in [0.15, 0.2) is 36.9 Å². The van der Waals surface area contributed by atoms with Crippen molar-refractivity contribution in [3.05, 3.63) is 59.2 Å². The zero-order chi connectivity index (χ0) is 18.9. The Morgan fingerprint density at radius 1 is 1.19 bits per heavy atom. The average molecular weight is 367 g/mol. The lowest BCUT2D eigenvalue weighted by molar-refractivity contribution is -0.188. The minimum Gasteiger partial charge on any atom is -0.373 e. The standard InChI is InChI=1S/C21H25N3O3/c1-15-5-17(10-22-8-15)12-26-19-3-4-27-21(7-19)13-24(14-21)20(25)18-6-16(2)9-23-11-18/h5-6,8-11,19H,3-4,7,12-14H2,1-2H3/t19-/m1/s1. The van der Waals surface area contributed by atoms with Crippen molar-refractivity contribution in [3.63, 3.8) is 0 Å². The van der Waals surface area contributed by atoms with E-state index in [1.54, 1.807) is 12.4 Å². The average Bonchev–Trinajstić information content (AvgIpc) is 2.64. The third kappa shape index (κ3) is 4.01. The van der Waals surface area contributed by atoms with Crippen molar-refractivity contribution < 1.29 is 14.3 Å². The van der Waals surface area contributed by atoms with Gasteiger partial charge in [-0.3, -0.25) is 14.8 Å². The Bertz CT molecular complexity index is 833. The Hall–Kier alpha value is -2.31. The minimum atomic E-state index is -0.263. The SMILES string of the molecule is Cc1cncc(CO[C@@H]2CCOC3(C2)CN(C(=O)c2cncc(C)c2)C3)c1. The predicted octanol–water partition coefficient (Wildman–Crippen LogP) is 2.68. The quantitative estimate of drug-likeness (QED) is 0.831. The molecule has 4 heterocycles. The molecule has 6 heteroatoms. The van der Waals surface area contributed by atoms with Gasteiger partial charge in [-0.15, -0.1) is 0 Å². The highest BCUT2D eigenvalue weighted by molar-refractivity contribution is 5.94. The zero-order valence-corrected chi connectivity index (χ0v) is 15.9. The largest absolute Gasteiger partial charge is 0.373 e. The number of carbonyl (C=O) groups is 1. The molecule has 0 saturated carbocycles. The van der Waals surface area contributed by atoms with Gasteiger partial charge in [-0.05, 0) is 43.0 Å². The lowest BCUT2D eigenvalue weighted by atomic mass is 9.84. The van der Waals surface area contributed by atoms with Crippen LogP contribution in [-0.4, -0.2) is 52.2 Å². The number of hydrogen-bond donors (Lipinski definition) is 0. The van der Waals surface area contributed by atoms with E-state index in [1.807, 2.05) is 37.2 Å². The molecule has 0 N–H and O–H groups in total. The number of aryl methyl sites for hydroxylation is 2. The second-order valence-corrected chi connectivity index (χ2v) is 7.74. The van der Waals surface area contributed by atoms with E-state index >= 15 is 0 Å². The van der Waals surface area contributed by atoms with Crippen molar-refractivity contribution in [1.29, 1.82) is 0 Å². The topological polar surface area (TPSA) is 64.6 Å². The van der Waals surface area contributed by atoms with Crippen molar-refractivity contribution in [2.45, 2.75) is 45.0 Å². The fourth-order valence-corrected chi connectivity index (χ4v) is 3.90. The van der Waals surface area contributed by atoms with Crippen LogP contribution in [0.1, 0.15) is 39.9 Å². The Labute approximate surface area is 159 Å². The molecule has 2 saturated heterocycles. The second kappa shape index (κ2) is 7.37. The maximum atomic E-state index is 12.6. The summed E-state index contributed by atoms with van der Waals surface area (Å²) < 4.78 is 12.2. The van der Waals surface area contributed by atoms with Gasteiger partial charge >= 0.3 is 0 Å². The molecule has 6 nitrogen and oxygen atoms in total. The first kappa shape index (κ1) is 18.1. The first-order chi connectivity index (χ1) is 13.0. The molecule has 1 amide bonds. The van der Waals surface area contributed by atoms with Crippen LogP contribution in [0, 0.1) is 13.8 Å². The van der Waals surface area contributed by atoms with Crippen LogP contribution in [0.2, 0.25) is 0 Å². The van der Waals surface area contributed by atoms with Crippen LogP contribution in [0.25, 0.3) is 0 Å². The molecule has 1 spiro atoms. The Morgan fingerprint density at radius 2 is 1.93 bits per heavy atom. The van der Waals surface area contributed by atoms with Crippen molar-refractivity contribution in [3.8, 4) is 0 Å². The number of pyridine rings is 2. The highest BCUT2D eigenvalue weighted by Gasteiger charge is 2.49. The van der Waals surface area contributed by atoms with Crippen LogP contribution in [0.3, 0.4) is 0 Å². The number of amides is 1. The molecule has 27 heavy (non-hydrogen) atoms. The van der Waals surface area contributed by atoms with Gasteiger partial charge in [0, 0.05) is 37.8 Å². The number of carbonyl (C=O) groups excluding carboxylic acids is 1. The van der Waals surface area contributed by atoms with Crippen LogP contribution >= 0.6 is 0 Å². The normalized spacial score (nSPS) is 21.1. The summed E-state index contributed by atoms with van der Waals surface area (Å²) in [6, 6.07) is 3.98. The number of aromatic nitrogens is 2. The van der Waals surface area contributed by atoms with Gasteiger partial charge in [0.25, 0.3) is 5.91 Å². The number of ether oxygens (including phenoxy) is 2. The fourth-order valence-electron chi connectivity index (χ4n) is 3.90. The molecule has 2 fully saturated rings. The molecule has 1 atom stereocenters. The summed E-state index contributed by atoms with van der Waals surface area (Å²) in [6.45, 7) is 6.44. The summed E-state index contributed by atoms with van der Waals surface area (Å²) in [5.74, 6) is 0.0225. The van der Waals surface area contributed by atoms with Gasteiger partial charge in [0.05, 0.1) is 31.4 Å². The van der Waals surface area contributed by atoms with E-state index in [9.17, 15) is 4.79 Å². The maximum Gasteiger partial charge on any atom is 0.255 e. The van der Waals surface area contributed by atoms with E-state index in [1.165, 1.54) is 0 Å². The third-order valence-corrected chi connectivity index (χ3v) is 5.23. The van der Waals surface area contributed by atoms with E-state index in [4.69, 9.17) is 9.47 Å². The lowest BCUT2D eigenvalue weighted by Gasteiger charge is -2.53. The molecule has 2 aromatic heterocycles. The van der Waals surface area contributed by atoms with E-state index in [0.717, 1.165) is 29.5 Å². The van der Waals surface area contributed by atoms with Gasteiger partial charge in [-0.1, -0.05) is 6.07 Å². The molecule has 2 aliphatic heterocycles. The zero-order valence-electron chi connectivity index (χ0n) is 15.9. The van der Waals surface area contributed by atoms with Crippen molar-refractivity contribution >= 4 is 5.91 Å². The van der Waals surface area contributed by atoms with Gasteiger partial charge in [0.1, 0.15) is 5.60 Å². The molecule has 2 aliphatic rings. The molecule has 142 valence electrons. The van der Waals surface area contributed by atoms with E-state index in [0.29, 0.717) is 31.9 Å². The number of hydrogen-bond acceptors (Lipinski definition) is 5. The summed E-state index contributed by atoms with van der Waals surface area (Å²) in [5, 5.41) is 0. The van der Waals surface area contributed by atoms with Crippen molar-refractivity contribution in [2.75, 3.05) is 19.7 Å². The van der Waals surface area contributed by atoms with Gasteiger partial charge < -0.3 is 14.4 Å². The van der Waals surface area contributed by atoms with E-state index in [-0.39, 0.29) is 17.6 Å². The molecule has 0 aromatic carbocycles. The fraction of sp³-hybridized carbons (Fsp3) is 0.476. The van der Waals surface area contributed by atoms with Crippen LogP contribution in [-0.2, 0) is 16.1 Å². The van der Waals surface area contributed by atoms with Gasteiger partial charge in [0.2, 0.25) is 0 Å². The maximum absolute atomic E-state index is 12.6. The molecule has 0 radical (unpaired) electrons. The van der Waals surface area contributed by atoms with Gasteiger partial charge in [-0.25, -0.2) is 0 Å². The summed E-state index contributed by atoms with van der Waals surface area (Å²) in [7, 11) is 0. The van der Waals surface area contributed by atoms with Gasteiger partial charge in [0.15, 0.2) is 0 Å². The minimum absolute atomic E-state index is 0.0225. The van der Waals surface area contributed by atoms with Crippen molar-refractivity contribution in [2.24, 2.45) is 0 Å². The third-order valence-electron chi connectivity index (χ3n) is 5.23. The molecular weight excluding hydrogens is 342 g/mol. The summed E-state index contributed by atoms with van der Waals surface area (Å²) in [4.78, 5) is 22.8. The summed E-state index contributed by atoms with van der Waals surface area (Å²) in [6.07, 6.45) is 8.93. The molecule has 0 aliphatic carbocycles. The smallest absolute Gasteiger partial charge is 0.255 e. The lowest BCUT2D eigenvalue weighted by Crippen LogP contribution is -2.67. The van der Waals surface area contributed by atoms with Crippen LogP contribution in [0.5, 0.6) is 0 Å². The molecule has 4 rings (SSSR count). The Balaban J connectivity index is 1.32. The summed E-state index contributed by atoms with van der Waals surface area (Å²) in [5.41, 5.74) is 3.59. The second-order valence-electron chi connectivity index (χ2n) is 7.74. The first-order valence-corrected chi connectivity index (χ1v) is 9.40. The molecular formula is C21H25N3O3. The predicted molar refractivity (Wildman–Crippen MR) is 100 cm³/mol. The first-order valence-electron chi connectivity index (χ1n) is 9.40. The van der Waals surface area contributed by atoms with Crippen LogP contribution < -0.4 is 0 Å². The van der Waals surface area contributed by atoms with E-state index < -0.39 is 0 Å². The highest BCUT2D eigenvalue weighted by Crippen LogP contribution is 2.36.